The Kier molecular flexibility index (Phi) is 4.15. The second-order valence-electron chi connectivity index (χ2n) is 6.09. The minimum absolute atomic E-state index is 0.0899. The monoisotopic (exact) mass is 305 g/mol. The van der Waals surface area contributed by atoms with Crippen LogP contribution in [0.2, 0.25) is 0 Å². The van der Waals surface area contributed by atoms with Crippen LogP contribution < -0.4 is 0 Å². The maximum atomic E-state index is 12.7. The number of aromatic nitrogens is 2. The number of carbonyl (C=O) groups excluding carboxylic acids is 2. The minimum Gasteiger partial charge on any atom is -0.347 e. The lowest BCUT2D eigenvalue weighted by atomic mass is 10.0. The first-order valence-corrected chi connectivity index (χ1v) is 7.86. The van der Waals surface area contributed by atoms with Crippen molar-refractivity contribution in [1.29, 1.82) is 0 Å². The van der Waals surface area contributed by atoms with Gasteiger partial charge in [-0.05, 0) is 14.0 Å². The van der Waals surface area contributed by atoms with Gasteiger partial charge in [-0.2, -0.15) is 0 Å². The van der Waals surface area contributed by atoms with E-state index in [1.807, 2.05) is 18.9 Å². The topological polar surface area (TPSA) is 72.5 Å². The van der Waals surface area contributed by atoms with Crippen molar-refractivity contribution in [2.75, 3.05) is 39.8 Å². The summed E-state index contributed by atoms with van der Waals surface area (Å²) < 4.78 is 0. The van der Waals surface area contributed by atoms with Crippen LogP contribution in [0.15, 0.2) is 12.4 Å². The van der Waals surface area contributed by atoms with Crippen LogP contribution in [0.1, 0.15) is 25.2 Å². The van der Waals surface area contributed by atoms with Gasteiger partial charge in [-0.15, -0.1) is 0 Å². The molecule has 1 N–H and O–H groups in total. The van der Waals surface area contributed by atoms with Gasteiger partial charge in [0.15, 0.2) is 0 Å². The van der Waals surface area contributed by atoms with E-state index in [1.54, 1.807) is 17.3 Å². The fraction of sp³-hybridized carbons (Fsp3) is 0.667. The number of likely N-dealkylation sites (N-methyl/N-ethyl adjacent to an activating group) is 1. The number of hydrogen-bond donors (Lipinski definition) is 1. The number of H-pyrrole nitrogens is 1. The highest BCUT2D eigenvalue weighted by Gasteiger charge is 2.38. The number of nitrogens with one attached hydrogen (secondary N) is 1. The highest BCUT2D eigenvalue weighted by atomic mass is 16.2. The molecule has 0 aliphatic carbocycles. The Hall–Kier alpha value is -1.89. The van der Waals surface area contributed by atoms with Gasteiger partial charge in [0.05, 0.1) is 12.0 Å². The van der Waals surface area contributed by atoms with Gasteiger partial charge in [0.25, 0.3) is 0 Å². The van der Waals surface area contributed by atoms with E-state index in [-0.39, 0.29) is 23.8 Å². The van der Waals surface area contributed by atoms with Gasteiger partial charge in [0.2, 0.25) is 11.8 Å². The number of imidazole rings is 1. The van der Waals surface area contributed by atoms with Gasteiger partial charge in [-0.25, -0.2) is 4.98 Å². The van der Waals surface area contributed by atoms with Crippen molar-refractivity contribution < 1.29 is 9.59 Å². The second-order valence-corrected chi connectivity index (χ2v) is 6.09. The molecule has 0 saturated carbocycles. The van der Waals surface area contributed by atoms with Gasteiger partial charge >= 0.3 is 0 Å². The standard InChI is InChI=1S/C15H23N5O2/c1-3-19-9-11(8-13(19)21)15(22)20-7-6-18(2)12(10-20)14-16-4-5-17-14/h4-5,11-12H,3,6-10H2,1-2H3,(H,16,17)/t11-,12-/m0/s1. The van der Waals surface area contributed by atoms with Crippen LogP contribution >= 0.6 is 0 Å². The fourth-order valence-corrected chi connectivity index (χ4v) is 3.33. The highest BCUT2D eigenvalue weighted by molar-refractivity contribution is 5.89. The first-order valence-electron chi connectivity index (χ1n) is 7.86. The Morgan fingerprint density at radius 1 is 1.41 bits per heavy atom. The maximum absolute atomic E-state index is 12.7. The summed E-state index contributed by atoms with van der Waals surface area (Å²) in [5.41, 5.74) is 0. The zero-order chi connectivity index (χ0) is 15.7. The average molecular weight is 305 g/mol. The maximum Gasteiger partial charge on any atom is 0.228 e. The van der Waals surface area contributed by atoms with Crippen molar-refractivity contribution in [3.8, 4) is 0 Å². The molecule has 2 aliphatic rings. The molecule has 22 heavy (non-hydrogen) atoms. The van der Waals surface area contributed by atoms with Crippen LogP contribution in [0.3, 0.4) is 0 Å². The van der Waals surface area contributed by atoms with E-state index in [2.05, 4.69) is 14.9 Å². The van der Waals surface area contributed by atoms with Crippen LogP contribution in [0.4, 0.5) is 0 Å². The zero-order valence-electron chi connectivity index (χ0n) is 13.2. The number of likely N-dealkylation sites (tertiary alicyclic amines) is 1. The molecule has 0 spiro atoms. The Bertz CT molecular complexity index is 544. The number of piperazine rings is 1. The third-order valence-corrected chi connectivity index (χ3v) is 4.74. The summed E-state index contributed by atoms with van der Waals surface area (Å²) in [6, 6.07) is 0.0899. The number of amides is 2. The highest BCUT2D eigenvalue weighted by Crippen LogP contribution is 2.25. The van der Waals surface area contributed by atoms with Crippen molar-refractivity contribution in [2.24, 2.45) is 5.92 Å². The predicted molar refractivity (Wildman–Crippen MR) is 80.9 cm³/mol. The summed E-state index contributed by atoms with van der Waals surface area (Å²) in [6.07, 6.45) is 3.89. The van der Waals surface area contributed by atoms with E-state index in [0.29, 0.717) is 32.6 Å². The Morgan fingerprint density at radius 2 is 2.23 bits per heavy atom. The number of hydrogen-bond acceptors (Lipinski definition) is 4. The number of aromatic amines is 1. The van der Waals surface area contributed by atoms with E-state index in [1.165, 1.54) is 0 Å². The summed E-state index contributed by atoms with van der Waals surface area (Å²) in [4.78, 5) is 37.9. The van der Waals surface area contributed by atoms with E-state index >= 15 is 0 Å². The molecule has 2 saturated heterocycles. The number of carbonyl (C=O) groups is 2. The number of rotatable bonds is 3. The van der Waals surface area contributed by atoms with Gasteiger partial charge < -0.3 is 14.8 Å². The van der Waals surface area contributed by atoms with E-state index < -0.39 is 0 Å². The van der Waals surface area contributed by atoms with Crippen molar-refractivity contribution in [3.05, 3.63) is 18.2 Å². The third kappa shape index (κ3) is 2.72. The fourth-order valence-electron chi connectivity index (χ4n) is 3.33. The zero-order valence-corrected chi connectivity index (χ0v) is 13.2. The van der Waals surface area contributed by atoms with E-state index in [4.69, 9.17) is 0 Å². The Balaban J connectivity index is 1.67. The van der Waals surface area contributed by atoms with Crippen molar-refractivity contribution in [3.63, 3.8) is 0 Å². The molecule has 2 fully saturated rings. The summed E-state index contributed by atoms with van der Waals surface area (Å²) in [5, 5.41) is 0. The second kappa shape index (κ2) is 6.08. The van der Waals surface area contributed by atoms with E-state index in [9.17, 15) is 9.59 Å². The van der Waals surface area contributed by atoms with Gasteiger partial charge in [0.1, 0.15) is 5.82 Å². The molecule has 0 unspecified atom stereocenters. The van der Waals surface area contributed by atoms with E-state index in [0.717, 1.165) is 12.4 Å². The van der Waals surface area contributed by atoms with Crippen molar-refractivity contribution in [1.82, 2.24) is 24.7 Å². The predicted octanol–water partition coefficient (Wildman–Crippen LogP) is 0.0932. The first kappa shape index (κ1) is 15.0. The van der Waals surface area contributed by atoms with Crippen LogP contribution in [-0.4, -0.2) is 76.3 Å². The molecular formula is C15H23N5O2. The third-order valence-electron chi connectivity index (χ3n) is 4.74. The summed E-state index contributed by atoms with van der Waals surface area (Å²) in [6.45, 7) is 5.35. The average Bonchev–Trinajstić information content (AvgIpc) is 3.16. The largest absolute Gasteiger partial charge is 0.347 e. The minimum atomic E-state index is -0.187. The molecule has 3 heterocycles. The lowest BCUT2D eigenvalue weighted by Gasteiger charge is -2.39. The lowest BCUT2D eigenvalue weighted by molar-refractivity contribution is -0.138. The lowest BCUT2D eigenvalue weighted by Crippen LogP contribution is -2.51. The molecule has 2 aliphatic heterocycles. The van der Waals surface area contributed by atoms with Crippen molar-refractivity contribution >= 4 is 11.8 Å². The number of nitrogens with zero attached hydrogens (tertiary/aromatic N) is 4. The molecule has 0 bridgehead atoms. The van der Waals surface area contributed by atoms with Crippen LogP contribution in [0.5, 0.6) is 0 Å². The van der Waals surface area contributed by atoms with Crippen molar-refractivity contribution in [2.45, 2.75) is 19.4 Å². The SMILES string of the molecule is CCN1C[C@@H](C(=O)N2CCN(C)[C@H](c3ncc[nH]3)C2)CC1=O. The molecule has 2 atom stereocenters. The molecule has 1 aromatic rings. The molecule has 1 aromatic heterocycles. The molecule has 7 heteroatoms. The quantitative estimate of drug-likeness (QED) is 0.859. The Labute approximate surface area is 130 Å². The van der Waals surface area contributed by atoms with Gasteiger partial charge in [-0.3, -0.25) is 14.5 Å². The van der Waals surface area contributed by atoms with Gasteiger partial charge in [0, 0.05) is 51.5 Å². The van der Waals surface area contributed by atoms with Gasteiger partial charge in [-0.1, -0.05) is 0 Å². The Morgan fingerprint density at radius 3 is 2.86 bits per heavy atom. The molecule has 0 aromatic carbocycles. The van der Waals surface area contributed by atoms with Crippen LogP contribution in [0.25, 0.3) is 0 Å². The molecule has 0 radical (unpaired) electrons. The summed E-state index contributed by atoms with van der Waals surface area (Å²) >= 11 is 0. The smallest absolute Gasteiger partial charge is 0.228 e. The molecular weight excluding hydrogens is 282 g/mol. The molecule has 7 nitrogen and oxygen atoms in total. The molecule has 2 amide bonds. The van der Waals surface area contributed by atoms with Crippen LogP contribution in [0, 0.1) is 5.92 Å². The molecule has 3 rings (SSSR count). The summed E-state index contributed by atoms with van der Waals surface area (Å²) in [7, 11) is 2.05. The summed E-state index contributed by atoms with van der Waals surface area (Å²) in [5.74, 6) is 0.900. The normalized spacial score (nSPS) is 26.7. The first-order chi connectivity index (χ1) is 10.6. The molecule has 120 valence electrons. The van der Waals surface area contributed by atoms with Crippen LogP contribution in [-0.2, 0) is 9.59 Å².